The fraction of sp³-hybridized carbons (Fsp3) is 0.0714. The summed E-state index contributed by atoms with van der Waals surface area (Å²) in [5.74, 6) is 0. The monoisotopic (exact) mass is 276 g/mol. The number of nitrogens with zero attached hydrogens (tertiary/aromatic N) is 1. The lowest BCUT2D eigenvalue weighted by Crippen LogP contribution is -1.94. The maximum atomic E-state index is 9.09. The molecule has 2 aromatic rings. The van der Waals surface area contributed by atoms with Gasteiger partial charge in [-0.15, -0.1) is 0 Å². The van der Waals surface area contributed by atoms with E-state index in [0.29, 0.717) is 15.6 Å². The summed E-state index contributed by atoms with van der Waals surface area (Å²) in [6.45, 7) is 1.95. The fourth-order valence-corrected chi connectivity index (χ4v) is 2.17. The normalized spacial score (nSPS) is 9.89. The van der Waals surface area contributed by atoms with Gasteiger partial charge in [0.2, 0.25) is 0 Å². The van der Waals surface area contributed by atoms with Crippen LogP contribution in [-0.4, -0.2) is 0 Å². The average molecular weight is 277 g/mol. The third-order valence-electron chi connectivity index (χ3n) is 2.44. The van der Waals surface area contributed by atoms with Gasteiger partial charge < -0.3 is 5.32 Å². The molecule has 0 aliphatic heterocycles. The van der Waals surface area contributed by atoms with E-state index >= 15 is 0 Å². The standard InChI is InChI=1S/C14H10Cl2N2/c1-9-2-3-14(10(4-9)8-17)18-13-6-11(15)5-12(16)7-13/h2-7,18H,1H3. The Morgan fingerprint density at radius 3 is 2.33 bits per heavy atom. The molecule has 0 unspecified atom stereocenters. The minimum absolute atomic E-state index is 0.551. The minimum Gasteiger partial charge on any atom is -0.354 e. The highest BCUT2D eigenvalue weighted by Gasteiger charge is 2.04. The SMILES string of the molecule is Cc1ccc(Nc2cc(Cl)cc(Cl)c2)c(C#N)c1. The maximum Gasteiger partial charge on any atom is 0.101 e. The lowest BCUT2D eigenvalue weighted by Gasteiger charge is -2.09. The predicted molar refractivity (Wildman–Crippen MR) is 75.6 cm³/mol. The summed E-state index contributed by atoms with van der Waals surface area (Å²) in [4.78, 5) is 0. The van der Waals surface area contributed by atoms with Gasteiger partial charge in [0.05, 0.1) is 11.3 Å². The molecule has 0 fully saturated rings. The van der Waals surface area contributed by atoms with Crippen LogP contribution in [0.15, 0.2) is 36.4 Å². The number of anilines is 2. The number of aryl methyl sites for hydroxylation is 1. The van der Waals surface area contributed by atoms with E-state index < -0.39 is 0 Å². The summed E-state index contributed by atoms with van der Waals surface area (Å²) < 4.78 is 0. The van der Waals surface area contributed by atoms with Crippen LogP contribution in [0.25, 0.3) is 0 Å². The largest absolute Gasteiger partial charge is 0.354 e. The molecule has 1 N–H and O–H groups in total. The molecule has 0 spiro atoms. The van der Waals surface area contributed by atoms with Crippen molar-refractivity contribution in [3.8, 4) is 6.07 Å². The first-order chi connectivity index (χ1) is 8.58. The number of hydrogen-bond donors (Lipinski definition) is 1. The summed E-state index contributed by atoms with van der Waals surface area (Å²) in [7, 11) is 0. The maximum absolute atomic E-state index is 9.09. The van der Waals surface area contributed by atoms with Crippen LogP contribution in [0.4, 0.5) is 11.4 Å². The first-order valence-electron chi connectivity index (χ1n) is 5.32. The van der Waals surface area contributed by atoms with Crippen LogP contribution in [0.5, 0.6) is 0 Å². The quantitative estimate of drug-likeness (QED) is 0.845. The number of halogens is 2. The van der Waals surface area contributed by atoms with E-state index in [2.05, 4.69) is 11.4 Å². The molecule has 0 saturated heterocycles. The molecule has 0 heterocycles. The van der Waals surface area contributed by atoms with Gasteiger partial charge in [-0.25, -0.2) is 0 Å². The minimum atomic E-state index is 0.551. The van der Waals surface area contributed by atoms with Crippen LogP contribution in [0.2, 0.25) is 10.0 Å². The second-order valence-corrected chi connectivity index (χ2v) is 4.82. The molecular weight excluding hydrogens is 267 g/mol. The number of hydrogen-bond acceptors (Lipinski definition) is 2. The van der Waals surface area contributed by atoms with Crippen LogP contribution in [0.1, 0.15) is 11.1 Å². The summed E-state index contributed by atoms with van der Waals surface area (Å²) in [6, 6.07) is 13.0. The molecule has 0 saturated carbocycles. The van der Waals surface area contributed by atoms with E-state index in [4.69, 9.17) is 28.5 Å². The van der Waals surface area contributed by atoms with E-state index in [0.717, 1.165) is 16.9 Å². The van der Waals surface area contributed by atoms with Crippen molar-refractivity contribution in [2.75, 3.05) is 5.32 Å². The Hall–Kier alpha value is -1.69. The summed E-state index contributed by atoms with van der Waals surface area (Å²) >= 11 is 11.9. The second-order valence-electron chi connectivity index (χ2n) is 3.94. The van der Waals surface area contributed by atoms with Crippen LogP contribution >= 0.6 is 23.2 Å². The van der Waals surface area contributed by atoms with Crippen molar-refractivity contribution in [1.29, 1.82) is 5.26 Å². The molecule has 2 rings (SSSR count). The number of rotatable bonds is 2. The van der Waals surface area contributed by atoms with E-state index in [1.165, 1.54) is 0 Å². The number of nitriles is 1. The molecule has 0 radical (unpaired) electrons. The highest BCUT2D eigenvalue weighted by atomic mass is 35.5. The Labute approximate surface area is 116 Å². The first-order valence-corrected chi connectivity index (χ1v) is 6.08. The highest BCUT2D eigenvalue weighted by Crippen LogP contribution is 2.27. The van der Waals surface area contributed by atoms with E-state index in [1.807, 2.05) is 25.1 Å². The van der Waals surface area contributed by atoms with Crippen LogP contribution in [0.3, 0.4) is 0 Å². The van der Waals surface area contributed by atoms with Crippen molar-refractivity contribution in [2.45, 2.75) is 6.92 Å². The van der Waals surface area contributed by atoms with Crippen molar-refractivity contribution in [2.24, 2.45) is 0 Å². The van der Waals surface area contributed by atoms with Gasteiger partial charge in [-0.3, -0.25) is 0 Å². The Morgan fingerprint density at radius 2 is 1.72 bits per heavy atom. The Kier molecular flexibility index (Phi) is 3.76. The molecule has 2 aromatic carbocycles. The molecule has 0 aromatic heterocycles. The first kappa shape index (κ1) is 12.8. The van der Waals surface area contributed by atoms with Gasteiger partial charge >= 0.3 is 0 Å². The summed E-state index contributed by atoms with van der Waals surface area (Å²) in [5.41, 5.74) is 3.13. The van der Waals surface area contributed by atoms with Crippen molar-refractivity contribution >= 4 is 34.6 Å². The zero-order valence-electron chi connectivity index (χ0n) is 9.67. The van der Waals surface area contributed by atoms with Crippen molar-refractivity contribution in [3.63, 3.8) is 0 Å². The Balaban J connectivity index is 2.37. The van der Waals surface area contributed by atoms with Gasteiger partial charge in [-0.1, -0.05) is 29.3 Å². The molecule has 0 aliphatic carbocycles. The molecule has 0 atom stereocenters. The van der Waals surface area contributed by atoms with Crippen LogP contribution in [-0.2, 0) is 0 Å². The molecule has 4 heteroatoms. The summed E-state index contributed by atoms with van der Waals surface area (Å²) in [6.07, 6.45) is 0. The Bertz CT molecular complexity index is 610. The van der Waals surface area contributed by atoms with Gasteiger partial charge in [0.1, 0.15) is 6.07 Å². The molecule has 18 heavy (non-hydrogen) atoms. The third kappa shape index (κ3) is 2.95. The third-order valence-corrected chi connectivity index (χ3v) is 2.87. The van der Waals surface area contributed by atoms with Gasteiger partial charge in [0, 0.05) is 15.7 Å². The van der Waals surface area contributed by atoms with Crippen LogP contribution < -0.4 is 5.32 Å². The molecular formula is C14H10Cl2N2. The van der Waals surface area contributed by atoms with Crippen molar-refractivity contribution < 1.29 is 0 Å². The smallest absolute Gasteiger partial charge is 0.101 e. The van der Waals surface area contributed by atoms with Gasteiger partial charge in [0.15, 0.2) is 0 Å². The number of benzene rings is 2. The van der Waals surface area contributed by atoms with E-state index in [1.54, 1.807) is 18.2 Å². The second kappa shape index (κ2) is 5.30. The molecule has 0 amide bonds. The molecule has 0 bridgehead atoms. The van der Waals surface area contributed by atoms with Gasteiger partial charge in [0.25, 0.3) is 0 Å². The zero-order chi connectivity index (χ0) is 13.1. The molecule has 2 nitrogen and oxygen atoms in total. The highest BCUT2D eigenvalue weighted by molar-refractivity contribution is 6.35. The topological polar surface area (TPSA) is 35.8 Å². The summed E-state index contributed by atoms with van der Waals surface area (Å²) in [5, 5.41) is 13.3. The number of nitrogens with one attached hydrogen (secondary N) is 1. The fourth-order valence-electron chi connectivity index (χ4n) is 1.64. The molecule has 90 valence electrons. The Morgan fingerprint density at radius 1 is 1.06 bits per heavy atom. The molecule has 0 aliphatic rings. The van der Waals surface area contributed by atoms with Crippen LogP contribution in [0, 0.1) is 18.3 Å². The average Bonchev–Trinajstić information content (AvgIpc) is 2.30. The van der Waals surface area contributed by atoms with Gasteiger partial charge in [-0.05, 0) is 42.8 Å². The van der Waals surface area contributed by atoms with E-state index in [-0.39, 0.29) is 0 Å². The van der Waals surface area contributed by atoms with Crippen molar-refractivity contribution in [3.05, 3.63) is 57.6 Å². The van der Waals surface area contributed by atoms with Gasteiger partial charge in [-0.2, -0.15) is 5.26 Å². The lowest BCUT2D eigenvalue weighted by molar-refractivity contribution is 1.40. The van der Waals surface area contributed by atoms with Crippen molar-refractivity contribution in [1.82, 2.24) is 0 Å². The zero-order valence-corrected chi connectivity index (χ0v) is 11.2. The van der Waals surface area contributed by atoms with E-state index in [9.17, 15) is 0 Å². The lowest BCUT2D eigenvalue weighted by atomic mass is 10.1. The predicted octanol–water partition coefficient (Wildman–Crippen LogP) is 4.92.